The molecule has 0 radical (unpaired) electrons. The van der Waals surface area contributed by atoms with Crippen molar-refractivity contribution < 1.29 is 0 Å². The molecule has 0 amide bonds. The van der Waals surface area contributed by atoms with Crippen LogP contribution in [0.25, 0.3) is 4.85 Å². The topological polar surface area (TPSA) is 4.36 Å². The highest BCUT2D eigenvalue weighted by Gasteiger charge is 1.97. The number of aryl methyl sites for hydroxylation is 1. The van der Waals surface area contributed by atoms with E-state index in [1.165, 1.54) is 5.56 Å². The number of hydrogen-bond acceptors (Lipinski definition) is 0. The smallest absolute Gasteiger partial charge is 0.239 e. The fraction of sp³-hybridized carbons (Fsp3) is 0.222. The molecule has 0 N–H and O–H groups in total. The summed E-state index contributed by atoms with van der Waals surface area (Å²) in [5.74, 6) is 0. The van der Waals surface area contributed by atoms with Gasteiger partial charge in [0.2, 0.25) is 6.54 Å². The van der Waals surface area contributed by atoms with Gasteiger partial charge in [-0.05, 0) is 18.6 Å². The molecular weight excluding hydrogens is 202 g/mol. The van der Waals surface area contributed by atoms with Crippen LogP contribution < -0.4 is 0 Å². The van der Waals surface area contributed by atoms with Gasteiger partial charge in [-0.15, -0.1) is 0 Å². The van der Waals surface area contributed by atoms with E-state index in [-0.39, 0.29) is 0 Å². The lowest BCUT2D eigenvalue weighted by Crippen LogP contribution is -1.81. The minimum Gasteiger partial charge on any atom is -0.312 e. The Morgan fingerprint density at radius 3 is 2.82 bits per heavy atom. The maximum absolute atomic E-state index is 6.67. The largest absolute Gasteiger partial charge is 0.312 e. The van der Waals surface area contributed by atoms with Gasteiger partial charge in [0.25, 0.3) is 0 Å². The van der Waals surface area contributed by atoms with Gasteiger partial charge in [-0.2, -0.15) is 0 Å². The second-order valence-electron chi connectivity index (χ2n) is 2.40. The maximum atomic E-state index is 6.67. The molecule has 0 atom stereocenters. The van der Waals surface area contributed by atoms with E-state index < -0.39 is 0 Å². The van der Waals surface area contributed by atoms with E-state index in [0.29, 0.717) is 6.54 Å². The van der Waals surface area contributed by atoms with Gasteiger partial charge in [0, 0.05) is 10.0 Å². The van der Waals surface area contributed by atoms with Crippen LogP contribution in [0, 0.1) is 13.5 Å². The highest BCUT2D eigenvalue weighted by molar-refractivity contribution is 9.10. The summed E-state index contributed by atoms with van der Waals surface area (Å²) in [5.41, 5.74) is 2.27. The monoisotopic (exact) mass is 209 g/mol. The molecule has 0 saturated carbocycles. The molecule has 0 heterocycles. The third kappa shape index (κ3) is 2.06. The molecule has 1 nitrogen and oxygen atoms in total. The fourth-order valence-corrected chi connectivity index (χ4v) is 1.25. The average Bonchev–Trinajstić information content (AvgIpc) is 1.98. The Balaban J connectivity index is 2.98. The van der Waals surface area contributed by atoms with E-state index in [4.69, 9.17) is 6.57 Å². The molecule has 56 valence electrons. The minimum absolute atomic E-state index is 0.471. The van der Waals surface area contributed by atoms with Crippen molar-refractivity contribution in [1.82, 2.24) is 0 Å². The van der Waals surface area contributed by atoms with Crippen LogP contribution in [0.4, 0.5) is 0 Å². The van der Waals surface area contributed by atoms with E-state index in [9.17, 15) is 0 Å². The van der Waals surface area contributed by atoms with Crippen molar-refractivity contribution in [2.45, 2.75) is 13.5 Å². The molecule has 1 aromatic rings. The van der Waals surface area contributed by atoms with E-state index in [2.05, 4.69) is 20.8 Å². The van der Waals surface area contributed by atoms with Crippen LogP contribution in [0.3, 0.4) is 0 Å². The van der Waals surface area contributed by atoms with Crippen LogP contribution in [0.5, 0.6) is 0 Å². The molecule has 11 heavy (non-hydrogen) atoms. The number of benzene rings is 1. The minimum atomic E-state index is 0.471. The van der Waals surface area contributed by atoms with Crippen molar-refractivity contribution in [3.8, 4) is 0 Å². The van der Waals surface area contributed by atoms with Gasteiger partial charge >= 0.3 is 0 Å². The van der Waals surface area contributed by atoms with Crippen LogP contribution >= 0.6 is 15.9 Å². The molecular formula is C9H8BrN. The maximum Gasteiger partial charge on any atom is 0.239 e. The summed E-state index contributed by atoms with van der Waals surface area (Å²) in [6.07, 6.45) is 0. The van der Waals surface area contributed by atoms with Crippen LogP contribution in [-0.2, 0) is 6.54 Å². The Labute approximate surface area is 75.0 Å². The van der Waals surface area contributed by atoms with E-state index >= 15 is 0 Å². The molecule has 0 aliphatic carbocycles. The number of hydrogen-bond donors (Lipinski definition) is 0. The summed E-state index contributed by atoms with van der Waals surface area (Å²) >= 11 is 3.41. The third-order valence-electron chi connectivity index (χ3n) is 1.50. The van der Waals surface area contributed by atoms with E-state index in [0.717, 1.165) is 10.0 Å². The normalized spacial score (nSPS) is 9.18. The molecule has 0 bridgehead atoms. The Morgan fingerprint density at radius 2 is 2.27 bits per heavy atom. The van der Waals surface area contributed by atoms with Crippen LogP contribution in [0.2, 0.25) is 0 Å². The molecule has 0 aromatic heterocycles. The number of halogens is 1. The van der Waals surface area contributed by atoms with Gasteiger partial charge in [-0.25, -0.2) is 6.57 Å². The molecule has 0 fully saturated rings. The van der Waals surface area contributed by atoms with E-state index in [1.807, 2.05) is 25.1 Å². The summed E-state index contributed by atoms with van der Waals surface area (Å²) < 4.78 is 1.08. The van der Waals surface area contributed by atoms with Gasteiger partial charge in [-0.1, -0.05) is 28.1 Å². The van der Waals surface area contributed by atoms with Crippen molar-refractivity contribution >= 4 is 15.9 Å². The summed E-state index contributed by atoms with van der Waals surface area (Å²) in [5, 5.41) is 0. The second kappa shape index (κ2) is 3.54. The van der Waals surface area contributed by atoms with Crippen molar-refractivity contribution in [3.63, 3.8) is 0 Å². The van der Waals surface area contributed by atoms with E-state index in [1.54, 1.807) is 0 Å². The highest BCUT2D eigenvalue weighted by atomic mass is 79.9. The quantitative estimate of drug-likeness (QED) is 0.627. The van der Waals surface area contributed by atoms with Gasteiger partial charge < -0.3 is 4.85 Å². The van der Waals surface area contributed by atoms with Crippen LogP contribution in [-0.4, -0.2) is 0 Å². The lowest BCUT2D eigenvalue weighted by atomic mass is 10.1. The molecule has 1 aromatic carbocycles. The summed E-state index contributed by atoms with van der Waals surface area (Å²) in [4.78, 5) is 3.31. The van der Waals surface area contributed by atoms with Gasteiger partial charge in [0.05, 0.1) is 0 Å². The average molecular weight is 210 g/mol. The molecule has 1 rings (SSSR count). The lowest BCUT2D eigenvalue weighted by Gasteiger charge is -1.97. The van der Waals surface area contributed by atoms with Gasteiger partial charge in [0.1, 0.15) is 0 Å². The molecule has 0 unspecified atom stereocenters. The lowest BCUT2D eigenvalue weighted by molar-refractivity contribution is 1.24. The first kappa shape index (κ1) is 8.29. The third-order valence-corrected chi connectivity index (χ3v) is 2.35. The Kier molecular flexibility index (Phi) is 2.67. The number of nitrogens with zero attached hydrogens (tertiary/aromatic N) is 1. The summed E-state index contributed by atoms with van der Waals surface area (Å²) in [6, 6.07) is 6.00. The van der Waals surface area contributed by atoms with Crippen molar-refractivity contribution in [2.24, 2.45) is 0 Å². The zero-order chi connectivity index (χ0) is 8.27. The first-order chi connectivity index (χ1) is 5.24. The Hall–Kier alpha value is -0.810. The predicted octanol–water partition coefficient (Wildman–Crippen LogP) is 3.18. The number of rotatable bonds is 1. The zero-order valence-electron chi connectivity index (χ0n) is 6.26. The molecule has 2 heteroatoms. The molecule has 0 spiro atoms. The van der Waals surface area contributed by atoms with Crippen LogP contribution in [0.1, 0.15) is 11.1 Å². The zero-order valence-corrected chi connectivity index (χ0v) is 7.85. The van der Waals surface area contributed by atoms with Gasteiger partial charge in [0.15, 0.2) is 0 Å². The Morgan fingerprint density at radius 1 is 1.55 bits per heavy atom. The van der Waals surface area contributed by atoms with Crippen LogP contribution in [0.15, 0.2) is 22.7 Å². The predicted molar refractivity (Wildman–Crippen MR) is 49.2 cm³/mol. The van der Waals surface area contributed by atoms with Crippen molar-refractivity contribution in [3.05, 3.63) is 45.2 Å². The SMILES string of the molecule is [C-]#[N+]Cc1ccc(C)c(Br)c1. The highest BCUT2D eigenvalue weighted by Crippen LogP contribution is 2.17. The molecule has 0 aliphatic rings. The second-order valence-corrected chi connectivity index (χ2v) is 3.25. The summed E-state index contributed by atoms with van der Waals surface area (Å²) in [6.45, 7) is 9.18. The molecule has 0 saturated heterocycles. The van der Waals surface area contributed by atoms with Gasteiger partial charge in [-0.3, -0.25) is 0 Å². The first-order valence-corrected chi connectivity index (χ1v) is 4.11. The Bertz CT molecular complexity index is 299. The summed E-state index contributed by atoms with van der Waals surface area (Å²) in [7, 11) is 0. The standard InChI is InChI=1S/C9H8BrN/c1-7-3-4-8(6-11-2)5-9(7)10/h3-5H,6H2,1H3. The fourth-order valence-electron chi connectivity index (χ4n) is 0.826. The molecule has 0 aliphatic heterocycles. The van der Waals surface area contributed by atoms with Crippen molar-refractivity contribution in [2.75, 3.05) is 0 Å². The first-order valence-electron chi connectivity index (χ1n) is 3.32. The van der Waals surface area contributed by atoms with Crippen molar-refractivity contribution in [1.29, 1.82) is 0 Å².